The van der Waals surface area contributed by atoms with Crippen LogP contribution in [-0.4, -0.2) is 22.1 Å². The highest BCUT2D eigenvalue weighted by Crippen LogP contribution is 2.33. The fraction of sp³-hybridized carbons (Fsp3) is 0.105. The number of hydrogen-bond donors (Lipinski definition) is 1. The van der Waals surface area contributed by atoms with Crippen LogP contribution in [0.5, 0.6) is 5.75 Å². The van der Waals surface area contributed by atoms with E-state index in [0.717, 1.165) is 27.2 Å². The summed E-state index contributed by atoms with van der Waals surface area (Å²) < 4.78 is 5.32. The first kappa shape index (κ1) is 15.7. The Kier molecular flexibility index (Phi) is 3.89. The predicted octanol–water partition coefficient (Wildman–Crippen LogP) is 3.94. The van der Waals surface area contributed by atoms with Crippen LogP contribution in [0.15, 0.2) is 63.4 Å². The fourth-order valence-corrected chi connectivity index (χ4v) is 3.73. The maximum absolute atomic E-state index is 12.3. The summed E-state index contributed by atoms with van der Waals surface area (Å²) in [4.78, 5) is 25.2. The lowest BCUT2D eigenvalue weighted by Gasteiger charge is -2.09. The molecule has 2 aromatic heterocycles. The smallest absolute Gasteiger partial charge is 0.259 e. The first-order valence-electron chi connectivity index (χ1n) is 7.76. The number of pyridine rings is 1. The second kappa shape index (κ2) is 6.22. The minimum atomic E-state index is -0.138. The van der Waals surface area contributed by atoms with E-state index in [1.54, 1.807) is 13.2 Å². The van der Waals surface area contributed by atoms with E-state index in [1.807, 2.05) is 49.4 Å². The van der Waals surface area contributed by atoms with Gasteiger partial charge in [-0.3, -0.25) is 9.78 Å². The summed E-state index contributed by atoms with van der Waals surface area (Å²) in [5.74, 6) is 0.764. The SMILES string of the molecule is COc1ccc2nc(C)cc(Sc3nc4ccccc4c(=O)[nH]3)c2c1. The van der Waals surface area contributed by atoms with Crippen molar-refractivity contribution in [2.75, 3.05) is 7.11 Å². The number of aryl methyl sites for hydroxylation is 1. The normalized spacial score (nSPS) is 11.1. The summed E-state index contributed by atoms with van der Waals surface area (Å²) in [5.41, 5.74) is 2.33. The van der Waals surface area contributed by atoms with Gasteiger partial charge < -0.3 is 9.72 Å². The lowest BCUT2D eigenvalue weighted by molar-refractivity contribution is 0.415. The van der Waals surface area contributed by atoms with Crippen molar-refractivity contribution in [3.63, 3.8) is 0 Å². The molecule has 6 heteroatoms. The van der Waals surface area contributed by atoms with E-state index in [1.165, 1.54) is 11.8 Å². The molecule has 2 aromatic carbocycles. The molecule has 0 fully saturated rings. The topological polar surface area (TPSA) is 67.9 Å². The number of rotatable bonds is 3. The molecule has 25 heavy (non-hydrogen) atoms. The summed E-state index contributed by atoms with van der Waals surface area (Å²) in [6.07, 6.45) is 0. The van der Waals surface area contributed by atoms with Gasteiger partial charge in [0.15, 0.2) is 5.16 Å². The average Bonchev–Trinajstić information content (AvgIpc) is 2.61. The molecule has 0 amide bonds. The molecule has 124 valence electrons. The number of benzene rings is 2. The molecule has 4 rings (SSSR count). The van der Waals surface area contributed by atoms with Crippen LogP contribution < -0.4 is 10.3 Å². The fourth-order valence-electron chi connectivity index (χ4n) is 2.73. The van der Waals surface area contributed by atoms with Crippen LogP contribution >= 0.6 is 11.8 Å². The third-order valence-electron chi connectivity index (χ3n) is 3.90. The van der Waals surface area contributed by atoms with E-state index >= 15 is 0 Å². The predicted molar refractivity (Wildman–Crippen MR) is 99.5 cm³/mol. The Morgan fingerprint density at radius 2 is 1.80 bits per heavy atom. The van der Waals surface area contributed by atoms with Crippen LogP contribution in [0.25, 0.3) is 21.8 Å². The van der Waals surface area contributed by atoms with Crippen molar-refractivity contribution >= 4 is 33.6 Å². The molecule has 0 aliphatic carbocycles. The molecule has 0 bridgehead atoms. The zero-order valence-corrected chi connectivity index (χ0v) is 14.6. The zero-order chi connectivity index (χ0) is 17.4. The van der Waals surface area contributed by atoms with E-state index in [4.69, 9.17) is 4.74 Å². The molecule has 0 unspecified atom stereocenters. The summed E-state index contributed by atoms with van der Waals surface area (Å²) >= 11 is 1.42. The van der Waals surface area contributed by atoms with E-state index < -0.39 is 0 Å². The highest BCUT2D eigenvalue weighted by atomic mass is 32.2. The molecular weight excluding hydrogens is 334 g/mol. The number of aromatic nitrogens is 3. The van der Waals surface area contributed by atoms with E-state index in [-0.39, 0.29) is 5.56 Å². The number of fused-ring (bicyclic) bond motifs is 2. The first-order chi connectivity index (χ1) is 12.1. The summed E-state index contributed by atoms with van der Waals surface area (Å²) in [6.45, 7) is 1.95. The summed E-state index contributed by atoms with van der Waals surface area (Å²) in [7, 11) is 1.64. The van der Waals surface area contributed by atoms with Gasteiger partial charge in [0.2, 0.25) is 0 Å². The van der Waals surface area contributed by atoms with Gasteiger partial charge in [0.05, 0.1) is 23.5 Å². The maximum Gasteiger partial charge on any atom is 0.259 e. The number of nitrogens with one attached hydrogen (secondary N) is 1. The van der Waals surface area contributed by atoms with Crippen LogP contribution in [0.3, 0.4) is 0 Å². The number of nitrogens with zero attached hydrogens (tertiary/aromatic N) is 2. The third-order valence-corrected chi connectivity index (χ3v) is 4.85. The summed E-state index contributed by atoms with van der Waals surface area (Å²) in [5, 5.41) is 2.11. The van der Waals surface area contributed by atoms with Crippen LogP contribution in [0.2, 0.25) is 0 Å². The van der Waals surface area contributed by atoms with Crippen molar-refractivity contribution in [1.29, 1.82) is 0 Å². The Morgan fingerprint density at radius 1 is 1.00 bits per heavy atom. The molecule has 5 nitrogen and oxygen atoms in total. The van der Waals surface area contributed by atoms with Crippen LogP contribution in [0.4, 0.5) is 0 Å². The van der Waals surface area contributed by atoms with Crippen molar-refractivity contribution in [3.8, 4) is 5.75 Å². The number of para-hydroxylation sites is 1. The van der Waals surface area contributed by atoms with Gasteiger partial charge in [-0.1, -0.05) is 23.9 Å². The second-order valence-corrected chi connectivity index (χ2v) is 6.67. The Morgan fingerprint density at radius 3 is 2.64 bits per heavy atom. The Bertz CT molecular complexity index is 1150. The molecule has 0 aliphatic heterocycles. The van der Waals surface area contributed by atoms with Crippen molar-refractivity contribution in [2.45, 2.75) is 17.0 Å². The van der Waals surface area contributed by atoms with Gasteiger partial charge in [0, 0.05) is 16.0 Å². The first-order valence-corrected chi connectivity index (χ1v) is 8.58. The van der Waals surface area contributed by atoms with Gasteiger partial charge in [0.25, 0.3) is 5.56 Å². The molecule has 0 radical (unpaired) electrons. The molecule has 2 heterocycles. The zero-order valence-electron chi connectivity index (χ0n) is 13.7. The number of H-pyrrole nitrogens is 1. The Hall–Kier alpha value is -2.86. The van der Waals surface area contributed by atoms with Gasteiger partial charge >= 0.3 is 0 Å². The summed E-state index contributed by atoms with van der Waals surface area (Å²) in [6, 6.07) is 15.1. The highest BCUT2D eigenvalue weighted by molar-refractivity contribution is 7.99. The van der Waals surface area contributed by atoms with Gasteiger partial charge in [-0.05, 0) is 43.3 Å². The van der Waals surface area contributed by atoms with Crippen molar-refractivity contribution in [1.82, 2.24) is 15.0 Å². The van der Waals surface area contributed by atoms with Gasteiger partial charge in [-0.2, -0.15) is 0 Å². The largest absolute Gasteiger partial charge is 0.497 e. The average molecular weight is 349 g/mol. The molecule has 0 saturated carbocycles. The molecule has 0 aliphatic rings. The van der Waals surface area contributed by atoms with Crippen molar-refractivity contribution < 1.29 is 4.74 Å². The molecule has 0 atom stereocenters. The van der Waals surface area contributed by atoms with Crippen LogP contribution in [-0.2, 0) is 0 Å². The Labute approximate surface area is 148 Å². The monoisotopic (exact) mass is 349 g/mol. The number of hydrogen-bond acceptors (Lipinski definition) is 5. The van der Waals surface area contributed by atoms with Gasteiger partial charge in [-0.25, -0.2) is 4.98 Å². The lowest BCUT2D eigenvalue weighted by Crippen LogP contribution is -2.08. The third kappa shape index (κ3) is 2.96. The van der Waals surface area contributed by atoms with E-state index in [0.29, 0.717) is 16.1 Å². The van der Waals surface area contributed by atoms with Crippen molar-refractivity contribution in [2.24, 2.45) is 0 Å². The number of methoxy groups -OCH3 is 1. The minimum Gasteiger partial charge on any atom is -0.497 e. The lowest BCUT2D eigenvalue weighted by atomic mass is 10.2. The van der Waals surface area contributed by atoms with Crippen molar-refractivity contribution in [3.05, 3.63) is 64.6 Å². The van der Waals surface area contributed by atoms with Gasteiger partial charge in [0.1, 0.15) is 5.75 Å². The van der Waals surface area contributed by atoms with Crippen LogP contribution in [0.1, 0.15) is 5.69 Å². The number of aromatic amines is 1. The minimum absolute atomic E-state index is 0.138. The molecule has 1 N–H and O–H groups in total. The molecule has 0 spiro atoms. The van der Waals surface area contributed by atoms with E-state index in [9.17, 15) is 4.79 Å². The molecular formula is C19H15N3O2S. The Balaban J connectivity index is 1.86. The maximum atomic E-state index is 12.3. The van der Waals surface area contributed by atoms with E-state index in [2.05, 4.69) is 15.0 Å². The van der Waals surface area contributed by atoms with Gasteiger partial charge in [-0.15, -0.1) is 0 Å². The second-order valence-electron chi connectivity index (χ2n) is 5.64. The molecule has 0 saturated heterocycles. The standard InChI is InChI=1S/C19H15N3O2S/c1-11-9-17(14-10-12(24-2)7-8-16(14)20-11)25-19-21-15-6-4-3-5-13(15)18(23)22-19/h3-10H,1-2H3,(H,21,22,23). The highest BCUT2D eigenvalue weighted by Gasteiger charge is 2.10. The molecule has 4 aromatic rings. The van der Waals surface area contributed by atoms with Crippen LogP contribution in [0, 0.1) is 6.92 Å². The quantitative estimate of drug-likeness (QED) is 0.568. The number of ether oxygens (including phenoxy) is 1.